The fourth-order valence-electron chi connectivity index (χ4n) is 11.6. The molecule has 2 heterocycles. The highest BCUT2D eigenvalue weighted by Crippen LogP contribution is 2.57. The molecule has 1 aromatic heterocycles. The molecule has 0 radical (unpaired) electrons. The highest BCUT2D eigenvalue weighted by Gasteiger charge is 2.38. The molecule has 0 saturated heterocycles. The van der Waals surface area contributed by atoms with Crippen LogP contribution < -0.4 is 9.80 Å². The van der Waals surface area contributed by atoms with Crippen LogP contribution in [-0.4, -0.2) is 4.57 Å². The molecule has 352 valence electrons. The topological polar surface area (TPSA) is 11.4 Å². The maximum atomic E-state index is 2.54. The van der Waals surface area contributed by atoms with Crippen molar-refractivity contribution in [1.82, 2.24) is 4.57 Å². The molecule has 0 N–H and O–H groups in total. The first-order valence-electron chi connectivity index (χ1n) is 25.3. The lowest BCUT2D eigenvalue weighted by atomic mass is 9.80. The van der Waals surface area contributed by atoms with Gasteiger partial charge in [-0.3, -0.25) is 0 Å². The van der Waals surface area contributed by atoms with E-state index in [4.69, 9.17) is 0 Å². The van der Waals surface area contributed by atoms with Crippen LogP contribution in [0.15, 0.2) is 280 Å². The van der Waals surface area contributed by atoms with Gasteiger partial charge in [0.05, 0.1) is 15.9 Å². The van der Waals surface area contributed by atoms with Gasteiger partial charge in [-0.2, -0.15) is 0 Å². The number of hydrogen-bond acceptors (Lipinski definition) is 4. The monoisotopic (exact) mass is 983 g/mol. The minimum absolute atomic E-state index is 0.151. The van der Waals surface area contributed by atoms with Crippen LogP contribution in [0.4, 0.5) is 34.1 Å². The van der Waals surface area contributed by atoms with E-state index in [0.717, 1.165) is 45.4 Å². The summed E-state index contributed by atoms with van der Waals surface area (Å²) < 4.78 is 2.54. The van der Waals surface area contributed by atoms with E-state index in [0.29, 0.717) is 0 Å². The van der Waals surface area contributed by atoms with E-state index in [1.807, 2.05) is 23.5 Å². The summed E-state index contributed by atoms with van der Waals surface area (Å²) >= 11 is 3.79. The first-order chi connectivity index (χ1) is 36.5. The van der Waals surface area contributed by atoms with Gasteiger partial charge in [0.2, 0.25) is 0 Å². The summed E-state index contributed by atoms with van der Waals surface area (Å²) in [5.74, 6) is 0. The van der Waals surface area contributed by atoms with Gasteiger partial charge in [-0.15, -0.1) is 0 Å². The Labute approximate surface area is 441 Å². The average Bonchev–Trinajstić information content (AvgIpc) is 3.92. The Hall–Kier alpha value is -8.48. The number of benzene rings is 11. The summed E-state index contributed by atoms with van der Waals surface area (Å²) in [5, 5.41) is 2.66. The van der Waals surface area contributed by atoms with Crippen LogP contribution in [-0.2, 0) is 5.41 Å². The Morgan fingerprint density at radius 3 is 1.36 bits per heavy atom. The van der Waals surface area contributed by atoms with Crippen molar-refractivity contribution >= 4 is 79.5 Å². The zero-order valence-electron chi connectivity index (χ0n) is 41.0. The predicted molar refractivity (Wildman–Crippen MR) is 313 cm³/mol. The van der Waals surface area contributed by atoms with Gasteiger partial charge < -0.3 is 14.4 Å². The SMILES string of the molecule is CC1(C)c2ccccc2-c2ccc3c(c21)c1ccc2c(c1n3-c1ccc(-c3ccc(N(c4ccc(-c5ccccc5)cc4)c4ccc(N(c5ccccc5)c5ccccc5)cc4)cc3)cc1)Sc1ccccc1S2. The Kier molecular flexibility index (Phi) is 10.7. The molecule has 0 atom stereocenters. The van der Waals surface area contributed by atoms with E-state index < -0.39 is 0 Å². The quantitative estimate of drug-likeness (QED) is 0.143. The Morgan fingerprint density at radius 2 is 0.797 bits per heavy atom. The van der Waals surface area contributed by atoms with E-state index in [1.54, 1.807) is 0 Å². The molecule has 0 bridgehead atoms. The Morgan fingerprint density at radius 1 is 0.351 bits per heavy atom. The van der Waals surface area contributed by atoms with E-state index in [1.165, 1.54) is 80.3 Å². The second-order valence-electron chi connectivity index (χ2n) is 19.7. The van der Waals surface area contributed by atoms with Gasteiger partial charge in [-0.1, -0.05) is 189 Å². The fraction of sp³-hybridized carbons (Fsp3) is 0.0435. The largest absolute Gasteiger partial charge is 0.311 e. The van der Waals surface area contributed by atoms with Crippen LogP contribution in [0.2, 0.25) is 0 Å². The van der Waals surface area contributed by atoms with Crippen LogP contribution >= 0.6 is 23.5 Å². The minimum atomic E-state index is -0.151. The van der Waals surface area contributed by atoms with Gasteiger partial charge >= 0.3 is 0 Å². The fourth-order valence-corrected chi connectivity index (χ4v) is 13.9. The number of anilines is 6. The zero-order chi connectivity index (χ0) is 49.3. The summed E-state index contributed by atoms with van der Waals surface area (Å²) in [6.45, 7) is 4.81. The van der Waals surface area contributed by atoms with Crippen LogP contribution in [0.3, 0.4) is 0 Å². The predicted octanol–water partition coefficient (Wildman–Crippen LogP) is 20.0. The van der Waals surface area contributed by atoms with Crippen molar-refractivity contribution in [2.45, 2.75) is 38.8 Å². The maximum Gasteiger partial charge on any atom is 0.0692 e. The van der Waals surface area contributed by atoms with Crippen LogP contribution in [0.1, 0.15) is 25.0 Å². The first-order valence-corrected chi connectivity index (χ1v) is 27.0. The molecule has 0 spiro atoms. The van der Waals surface area contributed by atoms with Crippen molar-refractivity contribution in [3.05, 3.63) is 272 Å². The van der Waals surface area contributed by atoms with Crippen LogP contribution in [0, 0.1) is 0 Å². The van der Waals surface area contributed by atoms with Crippen molar-refractivity contribution in [2.75, 3.05) is 9.80 Å². The van der Waals surface area contributed by atoms with E-state index >= 15 is 0 Å². The van der Waals surface area contributed by atoms with Gasteiger partial charge in [0.1, 0.15) is 0 Å². The van der Waals surface area contributed by atoms with Crippen LogP contribution in [0.5, 0.6) is 0 Å². The molecule has 0 unspecified atom stereocenters. The third-order valence-corrected chi connectivity index (χ3v) is 17.6. The third kappa shape index (κ3) is 7.37. The summed E-state index contributed by atoms with van der Waals surface area (Å²) in [6.07, 6.45) is 0. The standard InChI is InChI=1S/C69H49N3S2/c1-69(2)60-23-13-12-22-57(60)58-42-44-61-65(66(58)69)59-43-45-64-68(74-63-25-15-14-24-62(63)73-64)67(59)72(61)56-36-30-49(31-37-56)48-28-34-53(35-29-48)71(52-32-26-47(27-33-52)46-16-6-3-7-17-46)55-40-38-54(39-41-55)70(50-18-8-4-9-19-50)51-20-10-5-11-21-51/h3-45H,1-2H3. The molecule has 1 aliphatic heterocycles. The highest BCUT2D eigenvalue weighted by molar-refractivity contribution is 8.05. The molecule has 0 fully saturated rings. The minimum Gasteiger partial charge on any atom is -0.311 e. The zero-order valence-corrected chi connectivity index (χ0v) is 42.6. The number of para-hydroxylation sites is 2. The Bertz CT molecular complexity index is 4020. The highest BCUT2D eigenvalue weighted by atomic mass is 32.2. The molecule has 12 aromatic rings. The van der Waals surface area contributed by atoms with Gasteiger partial charge in [-0.05, 0) is 154 Å². The molecule has 11 aromatic carbocycles. The van der Waals surface area contributed by atoms with Crippen molar-refractivity contribution in [2.24, 2.45) is 0 Å². The summed E-state index contributed by atoms with van der Waals surface area (Å²) in [5.41, 5.74) is 20.3. The number of rotatable bonds is 9. The van der Waals surface area contributed by atoms with Crippen molar-refractivity contribution < 1.29 is 0 Å². The molecule has 5 heteroatoms. The molecule has 74 heavy (non-hydrogen) atoms. The van der Waals surface area contributed by atoms with Crippen LogP contribution in [0.25, 0.3) is 60.9 Å². The lowest BCUT2D eigenvalue weighted by Crippen LogP contribution is -2.15. The molecule has 0 amide bonds. The third-order valence-electron chi connectivity index (χ3n) is 15.0. The number of fused-ring (bicyclic) bond motifs is 10. The first kappa shape index (κ1) is 44.2. The summed E-state index contributed by atoms with van der Waals surface area (Å²) in [6, 6.07) is 95.2. The number of hydrogen-bond donors (Lipinski definition) is 0. The molecule has 2 aliphatic rings. The average molecular weight is 984 g/mol. The molecule has 0 saturated carbocycles. The van der Waals surface area contributed by atoms with Crippen molar-refractivity contribution in [3.8, 4) is 39.1 Å². The maximum absolute atomic E-state index is 2.54. The smallest absolute Gasteiger partial charge is 0.0692 e. The molecule has 3 nitrogen and oxygen atoms in total. The molecular formula is C69H49N3S2. The Balaban J connectivity index is 0.846. The van der Waals surface area contributed by atoms with E-state index in [2.05, 4.69) is 289 Å². The van der Waals surface area contributed by atoms with Gasteiger partial charge in [0.15, 0.2) is 0 Å². The second-order valence-corrected chi connectivity index (χ2v) is 21.8. The normalized spacial score (nSPS) is 13.0. The summed E-state index contributed by atoms with van der Waals surface area (Å²) in [4.78, 5) is 9.91. The lowest BCUT2D eigenvalue weighted by molar-refractivity contribution is 0.666. The lowest BCUT2D eigenvalue weighted by Gasteiger charge is -2.28. The number of nitrogens with zero attached hydrogens (tertiary/aromatic N) is 3. The van der Waals surface area contributed by atoms with Gasteiger partial charge in [0, 0.05) is 70.7 Å². The summed E-state index contributed by atoms with van der Waals surface area (Å²) in [7, 11) is 0. The van der Waals surface area contributed by atoms with Gasteiger partial charge in [0.25, 0.3) is 0 Å². The second kappa shape index (κ2) is 17.9. The molecule has 14 rings (SSSR count). The van der Waals surface area contributed by atoms with E-state index in [9.17, 15) is 0 Å². The van der Waals surface area contributed by atoms with Crippen molar-refractivity contribution in [3.63, 3.8) is 0 Å². The molecular weight excluding hydrogens is 935 g/mol. The van der Waals surface area contributed by atoms with Gasteiger partial charge in [-0.25, -0.2) is 0 Å². The number of aromatic nitrogens is 1. The van der Waals surface area contributed by atoms with Crippen molar-refractivity contribution in [1.29, 1.82) is 0 Å². The van der Waals surface area contributed by atoms with E-state index in [-0.39, 0.29) is 5.41 Å². The molecule has 1 aliphatic carbocycles.